The Morgan fingerprint density at radius 3 is 2.48 bits per heavy atom. The monoisotopic (exact) mass is 373 g/mol. The number of halogens is 5. The first kappa shape index (κ1) is 17.0. The number of pyridine rings is 1. The van der Waals surface area contributed by atoms with Gasteiger partial charge in [0.05, 0.1) is 16.1 Å². The number of anilines is 2. The number of nitrogens with zero attached hydrogens (tertiary/aromatic N) is 3. The molecule has 11 heteroatoms. The molecule has 4 N–H and O–H groups in total. The number of aromatic nitrogens is 3. The van der Waals surface area contributed by atoms with Gasteiger partial charge in [-0.2, -0.15) is 13.2 Å². The fraction of sp³-hybridized carbons (Fsp3) is 0.0714. The van der Waals surface area contributed by atoms with Crippen LogP contribution in [0.5, 0.6) is 0 Å². The van der Waals surface area contributed by atoms with Crippen LogP contribution in [-0.2, 0) is 6.18 Å². The molecular weight excluding hydrogens is 366 g/mol. The second-order valence-electron chi connectivity index (χ2n) is 4.99. The molecule has 0 amide bonds. The molecule has 3 rings (SSSR count). The van der Waals surface area contributed by atoms with Crippen molar-refractivity contribution in [3.63, 3.8) is 0 Å². The molecule has 0 fully saturated rings. The summed E-state index contributed by atoms with van der Waals surface area (Å²) in [6.45, 7) is 0. The first-order valence-corrected chi connectivity index (χ1v) is 6.98. The number of nitrogen functional groups attached to an aromatic ring is 2. The van der Waals surface area contributed by atoms with Crippen LogP contribution in [0, 0.1) is 5.82 Å². The van der Waals surface area contributed by atoms with Gasteiger partial charge in [-0.1, -0.05) is 11.6 Å². The van der Waals surface area contributed by atoms with Crippen molar-refractivity contribution in [2.45, 2.75) is 6.18 Å². The van der Waals surface area contributed by atoms with Crippen LogP contribution in [0.3, 0.4) is 0 Å². The summed E-state index contributed by atoms with van der Waals surface area (Å²) in [5.74, 6) is -1.59. The van der Waals surface area contributed by atoms with Crippen LogP contribution in [0.1, 0.15) is 5.69 Å². The van der Waals surface area contributed by atoms with Crippen LogP contribution in [0.4, 0.5) is 29.1 Å². The predicted molar refractivity (Wildman–Crippen MR) is 83.9 cm³/mol. The number of nitrogens with two attached hydrogens (primary N) is 2. The fourth-order valence-electron chi connectivity index (χ4n) is 2.35. The van der Waals surface area contributed by atoms with Gasteiger partial charge in [-0.05, 0) is 18.2 Å². The van der Waals surface area contributed by atoms with Crippen LogP contribution in [0.25, 0.3) is 16.6 Å². The lowest BCUT2D eigenvalue weighted by Crippen LogP contribution is -2.29. The van der Waals surface area contributed by atoms with Crippen LogP contribution in [0.2, 0.25) is 5.02 Å². The minimum absolute atomic E-state index is 0.0886. The molecule has 130 valence electrons. The molecule has 3 aromatic rings. The summed E-state index contributed by atoms with van der Waals surface area (Å²) in [7, 11) is 0. The van der Waals surface area contributed by atoms with Crippen molar-refractivity contribution >= 4 is 34.0 Å². The Balaban J connectivity index is 2.58. The molecule has 0 atom stereocenters. The highest BCUT2D eigenvalue weighted by atomic mass is 35.5. The van der Waals surface area contributed by atoms with Crippen molar-refractivity contribution in [3.8, 4) is 5.69 Å². The van der Waals surface area contributed by atoms with Crippen molar-refractivity contribution in [1.29, 1.82) is 0 Å². The molecule has 0 spiro atoms. The molecule has 2 heterocycles. The number of benzene rings is 1. The Labute approximate surface area is 141 Å². The number of rotatable bonds is 1. The van der Waals surface area contributed by atoms with Gasteiger partial charge in [0, 0.05) is 0 Å². The summed E-state index contributed by atoms with van der Waals surface area (Å²) in [6, 6.07) is 2.72. The van der Waals surface area contributed by atoms with E-state index < -0.39 is 45.2 Å². The minimum atomic E-state index is -5.02. The number of hydrogen-bond donors (Lipinski definition) is 2. The SMILES string of the molecule is Nc1ccc(Cl)c(F)c1-n1c(C(F)(F)F)cc2c(N)ncnc2c1=O. The zero-order valence-corrected chi connectivity index (χ0v) is 12.9. The van der Waals surface area contributed by atoms with E-state index in [0.717, 1.165) is 18.5 Å². The highest BCUT2D eigenvalue weighted by molar-refractivity contribution is 6.31. The smallest absolute Gasteiger partial charge is 0.397 e. The summed E-state index contributed by atoms with van der Waals surface area (Å²) >= 11 is 5.63. The van der Waals surface area contributed by atoms with Crippen molar-refractivity contribution in [2.75, 3.05) is 11.5 Å². The molecular formula is C14H8ClF4N5O. The van der Waals surface area contributed by atoms with Gasteiger partial charge in [-0.3, -0.25) is 9.36 Å². The molecule has 0 aliphatic carbocycles. The van der Waals surface area contributed by atoms with E-state index in [1.807, 2.05) is 0 Å². The summed E-state index contributed by atoms with van der Waals surface area (Å²) in [4.78, 5) is 19.8. The van der Waals surface area contributed by atoms with Gasteiger partial charge >= 0.3 is 6.18 Å². The predicted octanol–water partition coefficient (Wildman–Crippen LogP) is 2.76. The quantitative estimate of drug-likeness (QED) is 0.504. The maximum atomic E-state index is 14.4. The molecule has 6 nitrogen and oxygen atoms in total. The lowest BCUT2D eigenvalue weighted by atomic mass is 10.2. The average Bonchev–Trinajstić information content (AvgIpc) is 2.53. The Bertz CT molecular complexity index is 1060. The molecule has 0 saturated heterocycles. The Kier molecular flexibility index (Phi) is 3.79. The van der Waals surface area contributed by atoms with Crippen molar-refractivity contribution in [3.05, 3.63) is 51.4 Å². The largest absolute Gasteiger partial charge is 0.431 e. The highest BCUT2D eigenvalue weighted by Gasteiger charge is 2.37. The van der Waals surface area contributed by atoms with Gasteiger partial charge in [-0.15, -0.1) is 0 Å². The average molecular weight is 374 g/mol. The normalized spacial score (nSPS) is 11.9. The Morgan fingerprint density at radius 1 is 1.16 bits per heavy atom. The van der Waals surface area contributed by atoms with E-state index in [9.17, 15) is 22.4 Å². The fourth-order valence-corrected chi connectivity index (χ4v) is 2.50. The Hall–Kier alpha value is -2.88. The summed E-state index contributed by atoms with van der Waals surface area (Å²) in [6.07, 6.45) is -4.11. The summed E-state index contributed by atoms with van der Waals surface area (Å²) in [5.41, 5.74) is 6.73. The molecule has 0 aliphatic heterocycles. The Morgan fingerprint density at radius 2 is 1.84 bits per heavy atom. The molecule has 25 heavy (non-hydrogen) atoms. The maximum absolute atomic E-state index is 14.4. The number of fused-ring (bicyclic) bond motifs is 1. The molecule has 1 aromatic carbocycles. The van der Waals surface area contributed by atoms with Gasteiger partial charge in [0.15, 0.2) is 5.82 Å². The zero-order valence-electron chi connectivity index (χ0n) is 12.1. The third-order valence-corrected chi connectivity index (χ3v) is 3.75. The lowest BCUT2D eigenvalue weighted by molar-refractivity contribution is -0.142. The minimum Gasteiger partial charge on any atom is -0.397 e. The first-order valence-electron chi connectivity index (χ1n) is 6.60. The molecule has 2 aromatic heterocycles. The molecule has 0 bridgehead atoms. The van der Waals surface area contributed by atoms with E-state index in [1.54, 1.807) is 0 Å². The van der Waals surface area contributed by atoms with E-state index in [-0.39, 0.29) is 15.8 Å². The number of alkyl halides is 3. The zero-order chi connectivity index (χ0) is 18.5. The van der Waals surface area contributed by atoms with Crippen molar-refractivity contribution in [1.82, 2.24) is 14.5 Å². The van der Waals surface area contributed by atoms with E-state index in [2.05, 4.69) is 9.97 Å². The third-order valence-electron chi connectivity index (χ3n) is 3.46. The third kappa shape index (κ3) is 2.64. The van der Waals surface area contributed by atoms with Crippen LogP contribution in [0.15, 0.2) is 29.3 Å². The van der Waals surface area contributed by atoms with Crippen LogP contribution in [-0.4, -0.2) is 14.5 Å². The molecule has 0 radical (unpaired) electrons. The van der Waals surface area contributed by atoms with Crippen molar-refractivity contribution < 1.29 is 17.6 Å². The van der Waals surface area contributed by atoms with Gasteiger partial charge in [-0.25, -0.2) is 14.4 Å². The second-order valence-corrected chi connectivity index (χ2v) is 5.40. The van der Waals surface area contributed by atoms with Gasteiger partial charge in [0.1, 0.15) is 29.0 Å². The van der Waals surface area contributed by atoms with Crippen molar-refractivity contribution in [2.24, 2.45) is 0 Å². The van der Waals surface area contributed by atoms with E-state index in [1.165, 1.54) is 0 Å². The number of hydrogen-bond acceptors (Lipinski definition) is 5. The van der Waals surface area contributed by atoms with Crippen LogP contribution < -0.4 is 17.0 Å². The van der Waals surface area contributed by atoms with Gasteiger partial charge in [0.25, 0.3) is 5.56 Å². The second kappa shape index (κ2) is 5.59. The van der Waals surface area contributed by atoms with E-state index in [0.29, 0.717) is 6.07 Å². The summed E-state index contributed by atoms with van der Waals surface area (Å²) < 4.78 is 55.0. The molecule has 0 unspecified atom stereocenters. The molecule has 0 aliphatic rings. The maximum Gasteiger partial charge on any atom is 0.431 e. The van der Waals surface area contributed by atoms with E-state index >= 15 is 0 Å². The summed E-state index contributed by atoms with van der Waals surface area (Å²) in [5, 5.41) is -0.802. The topological polar surface area (TPSA) is 99.8 Å². The lowest BCUT2D eigenvalue weighted by Gasteiger charge is -2.18. The first-order chi connectivity index (χ1) is 11.6. The van der Waals surface area contributed by atoms with Gasteiger partial charge < -0.3 is 11.5 Å². The van der Waals surface area contributed by atoms with Gasteiger partial charge in [0.2, 0.25) is 0 Å². The van der Waals surface area contributed by atoms with E-state index in [4.69, 9.17) is 23.1 Å². The standard InChI is InChI=1S/C14H8ClF4N5O/c15-6-1-2-7(20)11(9(6)16)24-8(14(17,18)19)3-5-10(13(24)25)22-4-23-12(5)21/h1-4H,20H2,(H2,21,22,23). The highest BCUT2D eigenvalue weighted by Crippen LogP contribution is 2.35. The van der Waals surface area contributed by atoms with Crippen LogP contribution >= 0.6 is 11.6 Å². The molecule has 0 saturated carbocycles.